The predicted molar refractivity (Wildman–Crippen MR) is 91.5 cm³/mol. The summed E-state index contributed by atoms with van der Waals surface area (Å²) in [6.07, 6.45) is 1.86. The molecule has 4 heteroatoms. The summed E-state index contributed by atoms with van der Waals surface area (Å²) in [4.78, 5) is 22.0. The molecule has 4 rings (SSSR count). The van der Waals surface area contributed by atoms with E-state index in [1.807, 2.05) is 24.3 Å². The Balaban J connectivity index is 1.49. The molecule has 0 spiro atoms. The van der Waals surface area contributed by atoms with E-state index < -0.39 is 0 Å². The molecular formula is C19H19N3O. The van der Waals surface area contributed by atoms with E-state index >= 15 is 0 Å². The summed E-state index contributed by atoms with van der Waals surface area (Å²) in [5, 5.41) is 0.656. The summed E-state index contributed by atoms with van der Waals surface area (Å²) in [7, 11) is 0. The Hall–Kier alpha value is -2.46. The molecule has 0 amide bonds. The second kappa shape index (κ2) is 5.97. The zero-order valence-corrected chi connectivity index (χ0v) is 13.0. The van der Waals surface area contributed by atoms with Gasteiger partial charge in [0.1, 0.15) is 5.82 Å². The van der Waals surface area contributed by atoms with Crippen LogP contribution in [0.2, 0.25) is 0 Å². The molecule has 0 unspecified atom stereocenters. The van der Waals surface area contributed by atoms with Gasteiger partial charge in [-0.1, -0.05) is 36.4 Å². The number of hydrogen-bond donors (Lipinski definition) is 1. The van der Waals surface area contributed by atoms with E-state index in [1.54, 1.807) is 0 Å². The van der Waals surface area contributed by atoms with Crippen molar-refractivity contribution in [3.8, 4) is 0 Å². The summed E-state index contributed by atoms with van der Waals surface area (Å²) in [6, 6.07) is 16.1. The summed E-state index contributed by atoms with van der Waals surface area (Å²) >= 11 is 0. The van der Waals surface area contributed by atoms with Crippen molar-refractivity contribution in [1.82, 2.24) is 14.9 Å². The molecule has 0 fully saturated rings. The highest BCUT2D eigenvalue weighted by atomic mass is 16.1. The third-order valence-electron chi connectivity index (χ3n) is 4.54. The van der Waals surface area contributed by atoms with Gasteiger partial charge in [-0.15, -0.1) is 0 Å². The summed E-state index contributed by atoms with van der Waals surface area (Å²) < 4.78 is 0. The first-order valence-electron chi connectivity index (χ1n) is 8.07. The molecule has 1 aromatic heterocycles. The Kier molecular flexibility index (Phi) is 3.67. The number of nitrogens with one attached hydrogen (secondary N) is 1. The molecule has 0 radical (unpaired) electrons. The Bertz CT molecular complexity index is 900. The number of aromatic amines is 1. The molecular weight excluding hydrogens is 286 g/mol. The average molecular weight is 305 g/mol. The van der Waals surface area contributed by atoms with Crippen LogP contribution in [0.25, 0.3) is 10.9 Å². The minimum atomic E-state index is -0.0467. The third-order valence-corrected chi connectivity index (χ3v) is 4.54. The Morgan fingerprint density at radius 3 is 2.74 bits per heavy atom. The largest absolute Gasteiger partial charge is 0.310 e. The van der Waals surface area contributed by atoms with E-state index in [4.69, 9.17) is 0 Å². The van der Waals surface area contributed by atoms with Crippen LogP contribution in [0.5, 0.6) is 0 Å². The van der Waals surface area contributed by atoms with Crippen molar-refractivity contribution in [3.05, 3.63) is 75.8 Å². The van der Waals surface area contributed by atoms with Crippen LogP contribution in [0.15, 0.2) is 53.3 Å². The van der Waals surface area contributed by atoms with Gasteiger partial charge in [0, 0.05) is 26.1 Å². The standard InChI is InChI=1S/C19H19N3O/c23-19-16-7-3-4-8-17(16)20-18(21-19)10-12-22-11-9-14-5-1-2-6-15(14)13-22/h1-8H,9-13H2,(H,20,21,23). The number of aromatic nitrogens is 2. The van der Waals surface area contributed by atoms with E-state index in [-0.39, 0.29) is 5.56 Å². The van der Waals surface area contributed by atoms with Crippen LogP contribution in [-0.2, 0) is 19.4 Å². The molecule has 2 aromatic carbocycles. The molecule has 0 atom stereocenters. The Labute approximate surface area is 134 Å². The van der Waals surface area contributed by atoms with Crippen molar-refractivity contribution in [2.45, 2.75) is 19.4 Å². The van der Waals surface area contributed by atoms with Gasteiger partial charge in [-0.2, -0.15) is 0 Å². The van der Waals surface area contributed by atoms with Crippen molar-refractivity contribution < 1.29 is 0 Å². The lowest BCUT2D eigenvalue weighted by Crippen LogP contribution is -2.32. The third kappa shape index (κ3) is 2.90. The second-order valence-corrected chi connectivity index (χ2v) is 6.07. The van der Waals surface area contributed by atoms with Crippen LogP contribution < -0.4 is 5.56 Å². The molecule has 0 saturated heterocycles. The maximum atomic E-state index is 12.1. The minimum Gasteiger partial charge on any atom is -0.310 e. The van der Waals surface area contributed by atoms with Crippen LogP contribution in [0, 0.1) is 0 Å². The molecule has 0 aliphatic carbocycles. The van der Waals surface area contributed by atoms with Crippen LogP contribution in [0.3, 0.4) is 0 Å². The van der Waals surface area contributed by atoms with Crippen LogP contribution in [0.4, 0.5) is 0 Å². The van der Waals surface area contributed by atoms with Gasteiger partial charge in [-0.05, 0) is 29.7 Å². The number of nitrogens with zero attached hydrogens (tertiary/aromatic N) is 2. The lowest BCUT2D eigenvalue weighted by Gasteiger charge is -2.28. The van der Waals surface area contributed by atoms with Crippen molar-refractivity contribution in [1.29, 1.82) is 0 Å². The number of hydrogen-bond acceptors (Lipinski definition) is 3. The molecule has 4 nitrogen and oxygen atoms in total. The first-order chi connectivity index (χ1) is 11.3. The van der Waals surface area contributed by atoms with Crippen molar-refractivity contribution in [3.63, 3.8) is 0 Å². The van der Waals surface area contributed by atoms with E-state index in [0.29, 0.717) is 5.39 Å². The first-order valence-corrected chi connectivity index (χ1v) is 8.07. The molecule has 116 valence electrons. The predicted octanol–water partition coefficient (Wildman–Crippen LogP) is 2.52. The molecule has 1 aliphatic rings. The maximum Gasteiger partial charge on any atom is 0.258 e. The van der Waals surface area contributed by atoms with Gasteiger partial charge in [-0.3, -0.25) is 9.69 Å². The normalized spacial score (nSPS) is 14.8. The molecule has 23 heavy (non-hydrogen) atoms. The van der Waals surface area contributed by atoms with Gasteiger partial charge >= 0.3 is 0 Å². The van der Waals surface area contributed by atoms with Gasteiger partial charge in [0.2, 0.25) is 0 Å². The fourth-order valence-electron chi connectivity index (χ4n) is 3.26. The van der Waals surface area contributed by atoms with Gasteiger partial charge < -0.3 is 4.98 Å². The molecule has 1 aliphatic heterocycles. The van der Waals surface area contributed by atoms with Gasteiger partial charge in [0.05, 0.1) is 10.9 Å². The Morgan fingerprint density at radius 1 is 1.04 bits per heavy atom. The highest BCUT2D eigenvalue weighted by molar-refractivity contribution is 5.77. The number of rotatable bonds is 3. The maximum absolute atomic E-state index is 12.1. The zero-order valence-electron chi connectivity index (χ0n) is 13.0. The van der Waals surface area contributed by atoms with Gasteiger partial charge in [0.25, 0.3) is 5.56 Å². The van der Waals surface area contributed by atoms with Crippen molar-refractivity contribution in [2.24, 2.45) is 0 Å². The molecule has 3 aromatic rings. The highest BCUT2D eigenvalue weighted by Gasteiger charge is 2.15. The van der Waals surface area contributed by atoms with Crippen molar-refractivity contribution >= 4 is 10.9 Å². The molecule has 2 heterocycles. The fraction of sp³-hybridized carbons (Fsp3) is 0.263. The van der Waals surface area contributed by atoms with Crippen LogP contribution in [0.1, 0.15) is 17.0 Å². The van der Waals surface area contributed by atoms with E-state index in [1.165, 1.54) is 11.1 Å². The topological polar surface area (TPSA) is 49.0 Å². The minimum absolute atomic E-state index is 0.0467. The van der Waals surface area contributed by atoms with Crippen LogP contribution >= 0.6 is 0 Å². The first kappa shape index (κ1) is 14.2. The number of fused-ring (bicyclic) bond motifs is 2. The highest BCUT2D eigenvalue weighted by Crippen LogP contribution is 2.18. The zero-order chi connectivity index (χ0) is 15.6. The Morgan fingerprint density at radius 2 is 1.83 bits per heavy atom. The molecule has 1 N–H and O–H groups in total. The SMILES string of the molecule is O=c1[nH]c(CCN2CCc3ccccc3C2)nc2ccccc12. The molecule has 0 bridgehead atoms. The number of H-pyrrole nitrogens is 1. The molecule has 0 saturated carbocycles. The monoisotopic (exact) mass is 305 g/mol. The van der Waals surface area contributed by atoms with E-state index in [2.05, 4.69) is 39.1 Å². The quantitative estimate of drug-likeness (QED) is 0.809. The van der Waals surface area contributed by atoms with Crippen molar-refractivity contribution in [2.75, 3.05) is 13.1 Å². The van der Waals surface area contributed by atoms with Crippen LogP contribution in [-0.4, -0.2) is 28.0 Å². The smallest absolute Gasteiger partial charge is 0.258 e. The average Bonchev–Trinajstić information content (AvgIpc) is 2.60. The summed E-state index contributed by atoms with van der Waals surface area (Å²) in [6.45, 7) is 2.96. The lowest BCUT2D eigenvalue weighted by atomic mass is 10.00. The lowest BCUT2D eigenvalue weighted by molar-refractivity contribution is 0.256. The fourth-order valence-corrected chi connectivity index (χ4v) is 3.26. The van der Waals surface area contributed by atoms with Gasteiger partial charge in [-0.25, -0.2) is 4.98 Å². The summed E-state index contributed by atoms with van der Waals surface area (Å²) in [5.74, 6) is 0.771. The summed E-state index contributed by atoms with van der Waals surface area (Å²) in [5.41, 5.74) is 3.60. The van der Waals surface area contributed by atoms with E-state index in [9.17, 15) is 4.79 Å². The van der Waals surface area contributed by atoms with Gasteiger partial charge in [0.15, 0.2) is 0 Å². The second-order valence-electron chi connectivity index (χ2n) is 6.07. The number of benzene rings is 2. The number of para-hydroxylation sites is 1. The van der Waals surface area contributed by atoms with E-state index in [0.717, 1.165) is 43.8 Å².